The minimum atomic E-state index is 0.115. The molecule has 1 atom stereocenters. The van der Waals surface area contributed by atoms with Crippen LogP contribution in [-0.2, 0) is 4.74 Å². The second kappa shape index (κ2) is 8.06. The van der Waals surface area contributed by atoms with E-state index in [2.05, 4.69) is 46.8 Å². The van der Waals surface area contributed by atoms with E-state index < -0.39 is 0 Å². The third-order valence-electron chi connectivity index (χ3n) is 5.45. The Kier molecular flexibility index (Phi) is 5.81. The predicted molar refractivity (Wildman–Crippen MR) is 100 cm³/mol. The van der Waals surface area contributed by atoms with E-state index in [0.717, 1.165) is 57.3 Å². The van der Waals surface area contributed by atoms with Gasteiger partial charge in [-0.25, -0.2) is 0 Å². The Morgan fingerprint density at radius 1 is 1.24 bits per heavy atom. The molecular weight excluding hydrogens is 316 g/mol. The molecule has 1 unspecified atom stereocenters. The van der Waals surface area contributed by atoms with Gasteiger partial charge in [0.2, 0.25) is 0 Å². The van der Waals surface area contributed by atoms with E-state index >= 15 is 0 Å². The highest BCUT2D eigenvalue weighted by Crippen LogP contribution is 2.31. The molecule has 0 radical (unpaired) electrons. The molecule has 1 aromatic rings. The number of hydrogen-bond acceptors (Lipinski definition) is 4. The Hall–Kier alpha value is -1.79. The van der Waals surface area contributed by atoms with Crippen molar-refractivity contribution >= 4 is 5.96 Å². The van der Waals surface area contributed by atoms with Crippen LogP contribution in [0.2, 0.25) is 0 Å². The summed E-state index contributed by atoms with van der Waals surface area (Å²) in [6, 6.07) is 8.45. The van der Waals surface area contributed by atoms with Gasteiger partial charge < -0.3 is 25.0 Å². The summed E-state index contributed by atoms with van der Waals surface area (Å²) in [5.74, 6) is 1.81. The monoisotopic (exact) mass is 346 g/mol. The van der Waals surface area contributed by atoms with Crippen molar-refractivity contribution in [3.63, 3.8) is 0 Å². The molecule has 0 spiro atoms. The van der Waals surface area contributed by atoms with E-state index in [0.29, 0.717) is 0 Å². The lowest BCUT2D eigenvalue weighted by Gasteiger charge is -2.43. The van der Waals surface area contributed by atoms with Crippen LogP contribution in [0.25, 0.3) is 0 Å². The number of benzene rings is 1. The van der Waals surface area contributed by atoms with Gasteiger partial charge in [-0.3, -0.25) is 4.99 Å². The van der Waals surface area contributed by atoms with Crippen molar-refractivity contribution in [2.45, 2.75) is 30.8 Å². The van der Waals surface area contributed by atoms with E-state index in [-0.39, 0.29) is 11.6 Å². The van der Waals surface area contributed by atoms with Gasteiger partial charge >= 0.3 is 0 Å². The van der Waals surface area contributed by atoms with Gasteiger partial charge in [-0.1, -0.05) is 18.2 Å². The number of nitrogens with zero attached hydrogens (tertiary/aromatic N) is 2. The molecule has 138 valence electrons. The number of rotatable bonds is 4. The lowest BCUT2D eigenvalue weighted by molar-refractivity contribution is -0.00503. The maximum atomic E-state index is 5.75. The van der Waals surface area contributed by atoms with Crippen molar-refractivity contribution in [2.24, 2.45) is 4.99 Å². The number of para-hydroxylation sites is 1. The summed E-state index contributed by atoms with van der Waals surface area (Å²) in [5.41, 5.74) is 1.31. The minimum absolute atomic E-state index is 0.115. The first-order valence-corrected chi connectivity index (χ1v) is 9.09. The molecular formula is C19H30N4O2. The van der Waals surface area contributed by atoms with Crippen LogP contribution in [0.15, 0.2) is 29.3 Å². The average Bonchev–Trinajstić information content (AvgIpc) is 2.66. The van der Waals surface area contributed by atoms with Crippen LogP contribution in [0.5, 0.6) is 5.75 Å². The standard InChI is InChI=1S/C19H30N4O2/c1-20-18(21-14-19(23(2)3)9-12-24-13-10-19)22-16-8-11-25-17-7-5-4-6-15(16)17/h4-7,16H,8-14H2,1-3H3,(H2,20,21,22). The summed E-state index contributed by atoms with van der Waals surface area (Å²) in [5, 5.41) is 7.11. The smallest absolute Gasteiger partial charge is 0.191 e. The number of ether oxygens (including phenoxy) is 2. The fraction of sp³-hybridized carbons (Fsp3) is 0.632. The van der Waals surface area contributed by atoms with Crippen LogP contribution in [0.3, 0.4) is 0 Å². The van der Waals surface area contributed by atoms with Crippen molar-refractivity contribution in [3.8, 4) is 5.75 Å². The molecule has 6 nitrogen and oxygen atoms in total. The molecule has 0 bridgehead atoms. The molecule has 2 aliphatic heterocycles. The second-order valence-corrected chi connectivity index (χ2v) is 7.03. The molecule has 0 aliphatic carbocycles. The number of likely N-dealkylation sites (N-methyl/N-ethyl adjacent to an activating group) is 1. The van der Waals surface area contributed by atoms with Gasteiger partial charge in [0.05, 0.1) is 12.6 Å². The molecule has 2 heterocycles. The molecule has 1 aromatic carbocycles. The van der Waals surface area contributed by atoms with Gasteiger partial charge in [-0.15, -0.1) is 0 Å². The van der Waals surface area contributed by atoms with Gasteiger partial charge in [-0.05, 0) is 33.0 Å². The predicted octanol–water partition coefficient (Wildman–Crippen LogP) is 1.79. The number of guanidine groups is 1. The van der Waals surface area contributed by atoms with Crippen molar-refractivity contribution in [3.05, 3.63) is 29.8 Å². The fourth-order valence-electron chi connectivity index (χ4n) is 3.63. The molecule has 0 aromatic heterocycles. The number of hydrogen-bond donors (Lipinski definition) is 2. The Labute approximate surface area is 150 Å². The fourth-order valence-corrected chi connectivity index (χ4v) is 3.63. The molecule has 0 saturated carbocycles. The van der Waals surface area contributed by atoms with E-state index in [4.69, 9.17) is 9.47 Å². The summed E-state index contributed by atoms with van der Waals surface area (Å²) in [4.78, 5) is 6.75. The van der Waals surface area contributed by atoms with Crippen LogP contribution in [0.1, 0.15) is 30.9 Å². The van der Waals surface area contributed by atoms with Gasteiger partial charge in [-0.2, -0.15) is 0 Å². The summed E-state index contributed by atoms with van der Waals surface area (Å²) in [6.45, 7) is 3.22. The van der Waals surface area contributed by atoms with Crippen molar-refractivity contribution in [1.82, 2.24) is 15.5 Å². The summed E-state index contributed by atoms with van der Waals surface area (Å²) in [6.07, 6.45) is 3.00. The summed E-state index contributed by atoms with van der Waals surface area (Å²) >= 11 is 0. The van der Waals surface area contributed by atoms with Gasteiger partial charge in [0, 0.05) is 44.3 Å². The number of fused-ring (bicyclic) bond motifs is 1. The topological polar surface area (TPSA) is 58.1 Å². The third kappa shape index (κ3) is 4.07. The maximum Gasteiger partial charge on any atom is 0.191 e. The van der Waals surface area contributed by atoms with Crippen molar-refractivity contribution in [2.75, 3.05) is 47.5 Å². The van der Waals surface area contributed by atoms with Crippen LogP contribution in [0, 0.1) is 0 Å². The normalized spacial score (nSPS) is 22.9. The average molecular weight is 346 g/mol. The number of aliphatic imine (C=N–C) groups is 1. The quantitative estimate of drug-likeness (QED) is 0.643. The summed E-state index contributed by atoms with van der Waals surface area (Å²) < 4.78 is 11.3. The molecule has 2 aliphatic rings. The zero-order valence-electron chi connectivity index (χ0n) is 15.5. The zero-order valence-corrected chi connectivity index (χ0v) is 15.5. The minimum Gasteiger partial charge on any atom is -0.493 e. The van der Waals surface area contributed by atoms with Crippen LogP contribution >= 0.6 is 0 Å². The van der Waals surface area contributed by atoms with E-state index in [1.807, 2.05) is 19.2 Å². The van der Waals surface area contributed by atoms with E-state index in [1.165, 1.54) is 5.56 Å². The molecule has 0 amide bonds. The molecule has 1 fully saturated rings. The Bertz CT molecular complexity index is 597. The largest absolute Gasteiger partial charge is 0.493 e. The number of nitrogens with one attached hydrogen (secondary N) is 2. The lowest BCUT2D eigenvalue weighted by atomic mass is 9.88. The Morgan fingerprint density at radius 3 is 2.72 bits per heavy atom. The van der Waals surface area contributed by atoms with Gasteiger partial charge in [0.1, 0.15) is 5.75 Å². The SMILES string of the molecule is CN=C(NCC1(N(C)C)CCOCC1)NC1CCOc2ccccc21. The highest BCUT2D eigenvalue weighted by molar-refractivity contribution is 5.80. The Balaban J connectivity index is 1.64. The van der Waals surface area contributed by atoms with Crippen LogP contribution in [0.4, 0.5) is 0 Å². The molecule has 6 heteroatoms. The first kappa shape index (κ1) is 18.0. The first-order valence-electron chi connectivity index (χ1n) is 9.09. The maximum absolute atomic E-state index is 5.75. The van der Waals surface area contributed by atoms with Crippen molar-refractivity contribution < 1.29 is 9.47 Å². The summed E-state index contributed by atoms with van der Waals surface area (Å²) in [7, 11) is 6.13. The highest BCUT2D eigenvalue weighted by Gasteiger charge is 2.35. The molecule has 2 N–H and O–H groups in total. The zero-order chi connectivity index (χ0) is 17.7. The van der Waals surface area contributed by atoms with Crippen LogP contribution in [-0.4, -0.2) is 63.9 Å². The second-order valence-electron chi connectivity index (χ2n) is 7.03. The molecule has 1 saturated heterocycles. The van der Waals surface area contributed by atoms with Gasteiger partial charge in [0.25, 0.3) is 0 Å². The highest BCUT2D eigenvalue weighted by atomic mass is 16.5. The Morgan fingerprint density at radius 2 is 2.00 bits per heavy atom. The van der Waals surface area contributed by atoms with Crippen molar-refractivity contribution in [1.29, 1.82) is 0 Å². The van der Waals surface area contributed by atoms with E-state index in [9.17, 15) is 0 Å². The lowest BCUT2D eigenvalue weighted by Crippen LogP contribution is -2.57. The van der Waals surface area contributed by atoms with Gasteiger partial charge in [0.15, 0.2) is 5.96 Å². The third-order valence-corrected chi connectivity index (χ3v) is 5.45. The van der Waals surface area contributed by atoms with Crippen LogP contribution < -0.4 is 15.4 Å². The molecule has 25 heavy (non-hydrogen) atoms. The van der Waals surface area contributed by atoms with E-state index in [1.54, 1.807) is 0 Å². The first-order chi connectivity index (χ1) is 12.1. The molecule has 3 rings (SSSR count).